The third kappa shape index (κ3) is 2.66. The third-order valence-corrected chi connectivity index (χ3v) is 4.99. The number of carbonyl (C=O) groups is 1. The van der Waals surface area contributed by atoms with Gasteiger partial charge < -0.3 is 0 Å². The van der Waals surface area contributed by atoms with Gasteiger partial charge in [-0.05, 0) is 44.9 Å². The zero-order chi connectivity index (χ0) is 18.5. The number of amides is 1. The maximum absolute atomic E-state index is 13.1. The molecule has 7 nitrogen and oxygen atoms in total. The summed E-state index contributed by atoms with van der Waals surface area (Å²) in [4.78, 5) is 22.3. The maximum Gasteiger partial charge on any atom is 0.271 e. The fraction of sp³-hybridized carbons (Fsp3) is 0.300. The van der Waals surface area contributed by atoms with E-state index < -0.39 is 0 Å². The van der Waals surface area contributed by atoms with E-state index in [1.165, 1.54) is 0 Å². The Morgan fingerprint density at radius 2 is 2.07 bits per heavy atom. The summed E-state index contributed by atoms with van der Waals surface area (Å²) in [5.74, 6) is 0.265. The van der Waals surface area contributed by atoms with Crippen LogP contribution in [-0.4, -0.2) is 30.3 Å². The molecule has 1 aliphatic carbocycles. The Balaban J connectivity index is 1.59. The molecule has 136 valence electrons. The monoisotopic (exact) mass is 360 g/mol. The number of imidazole rings is 1. The molecule has 1 aliphatic rings. The first kappa shape index (κ1) is 16.0. The van der Waals surface area contributed by atoms with Crippen molar-refractivity contribution in [2.24, 2.45) is 0 Å². The number of rotatable bonds is 4. The molecule has 0 saturated heterocycles. The van der Waals surface area contributed by atoms with Crippen LogP contribution in [0.3, 0.4) is 0 Å². The van der Waals surface area contributed by atoms with Crippen molar-refractivity contribution in [3.8, 4) is 0 Å². The highest BCUT2D eigenvalue weighted by Crippen LogP contribution is 2.40. The van der Waals surface area contributed by atoms with E-state index in [0.717, 1.165) is 40.6 Å². The van der Waals surface area contributed by atoms with Crippen LogP contribution in [0.25, 0.3) is 22.1 Å². The Morgan fingerprint density at radius 1 is 1.26 bits per heavy atom. The van der Waals surface area contributed by atoms with Crippen LogP contribution in [-0.2, 0) is 0 Å². The molecule has 1 fully saturated rings. The number of nitrogens with one attached hydrogen (secondary N) is 1. The fourth-order valence-corrected chi connectivity index (χ4v) is 3.41. The number of benzene rings is 1. The molecular formula is C20H20N6O. The number of hydrogen-bond acceptors (Lipinski definition) is 4. The van der Waals surface area contributed by atoms with Crippen LogP contribution in [0.15, 0.2) is 42.9 Å². The van der Waals surface area contributed by atoms with Gasteiger partial charge in [0.05, 0.1) is 28.2 Å². The van der Waals surface area contributed by atoms with Crippen molar-refractivity contribution in [1.82, 2.24) is 24.4 Å². The van der Waals surface area contributed by atoms with Crippen LogP contribution < -0.4 is 5.43 Å². The highest BCUT2D eigenvalue weighted by Gasteiger charge is 2.28. The van der Waals surface area contributed by atoms with E-state index in [2.05, 4.69) is 29.4 Å². The average Bonchev–Trinajstić information content (AvgIpc) is 3.31. The molecule has 7 heteroatoms. The normalized spacial score (nSPS) is 14.3. The number of carbonyl (C=O) groups excluding carboxylic acids is 1. The minimum absolute atomic E-state index is 0.179. The van der Waals surface area contributed by atoms with Crippen LogP contribution in [0.2, 0.25) is 0 Å². The van der Waals surface area contributed by atoms with E-state index in [-0.39, 0.29) is 11.9 Å². The number of fused-ring (bicyclic) bond motifs is 2. The van der Waals surface area contributed by atoms with Gasteiger partial charge in [-0.15, -0.1) is 0 Å². The Kier molecular flexibility index (Phi) is 3.50. The Morgan fingerprint density at radius 3 is 2.85 bits per heavy atom. The van der Waals surface area contributed by atoms with Gasteiger partial charge in [-0.3, -0.25) is 10.2 Å². The highest BCUT2D eigenvalue weighted by molar-refractivity contribution is 6.09. The fourth-order valence-electron chi connectivity index (χ4n) is 3.41. The molecule has 3 heterocycles. The second-order valence-electron chi connectivity index (χ2n) is 7.33. The maximum atomic E-state index is 13.1. The van der Waals surface area contributed by atoms with E-state index in [0.29, 0.717) is 11.5 Å². The predicted octanol–water partition coefficient (Wildman–Crippen LogP) is 3.62. The third-order valence-electron chi connectivity index (χ3n) is 4.99. The lowest BCUT2D eigenvalue weighted by Gasteiger charge is -2.11. The summed E-state index contributed by atoms with van der Waals surface area (Å²) in [5.41, 5.74) is 7.00. The molecule has 1 amide bonds. The molecule has 0 unspecified atom stereocenters. The standard InChI is InChI=1S/C20H20N6O/c1-12(2)26-19-15(10-22-26)14(9-17(23-19)13-7-8-13)20(27)24-25-11-21-16-5-3-4-6-18(16)25/h3-6,9-13H,7-8H2,1-2H3,(H,24,27). The highest BCUT2D eigenvalue weighted by atomic mass is 16.2. The van der Waals surface area contributed by atoms with E-state index in [1.54, 1.807) is 17.2 Å². The largest absolute Gasteiger partial charge is 0.271 e. The van der Waals surface area contributed by atoms with Crippen molar-refractivity contribution in [1.29, 1.82) is 0 Å². The first-order valence-corrected chi connectivity index (χ1v) is 9.23. The van der Waals surface area contributed by atoms with Gasteiger partial charge in [0.25, 0.3) is 5.91 Å². The first-order valence-electron chi connectivity index (χ1n) is 9.23. The molecule has 1 aromatic carbocycles. The van der Waals surface area contributed by atoms with E-state index in [9.17, 15) is 4.79 Å². The molecule has 0 bridgehead atoms. The number of hydrogen-bond donors (Lipinski definition) is 1. The van der Waals surface area contributed by atoms with E-state index in [4.69, 9.17) is 4.98 Å². The minimum Gasteiger partial charge on any atom is -0.267 e. The van der Waals surface area contributed by atoms with Gasteiger partial charge in [-0.25, -0.2) is 19.3 Å². The summed E-state index contributed by atoms with van der Waals surface area (Å²) < 4.78 is 3.54. The lowest BCUT2D eigenvalue weighted by molar-refractivity contribution is 0.101. The van der Waals surface area contributed by atoms with Crippen molar-refractivity contribution < 1.29 is 4.79 Å². The van der Waals surface area contributed by atoms with Crippen LogP contribution >= 0.6 is 0 Å². The summed E-state index contributed by atoms with van der Waals surface area (Å²) in [5, 5.41) is 5.23. The predicted molar refractivity (Wildman–Crippen MR) is 103 cm³/mol. The second-order valence-corrected chi connectivity index (χ2v) is 7.33. The van der Waals surface area contributed by atoms with Crippen molar-refractivity contribution in [3.63, 3.8) is 0 Å². The van der Waals surface area contributed by atoms with Crippen molar-refractivity contribution in [2.45, 2.75) is 38.6 Å². The molecule has 5 rings (SSSR count). The molecule has 1 saturated carbocycles. The number of pyridine rings is 1. The molecular weight excluding hydrogens is 340 g/mol. The quantitative estimate of drug-likeness (QED) is 0.603. The Bertz CT molecular complexity index is 1170. The number of para-hydroxylation sites is 2. The van der Waals surface area contributed by atoms with Crippen LogP contribution in [0.4, 0.5) is 0 Å². The zero-order valence-corrected chi connectivity index (χ0v) is 15.3. The lowest BCUT2D eigenvalue weighted by Crippen LogP contribution is -2.22. The van der Waals surface area contributed by atoms with Gasteiger partial charge in [0.15, 0.2) is 5.65 Å². The van der Waals surface area contributed by atoms with Crippen LogP contribution in [0.1, 0.15) is 54.7 Å². The van der Waals surface area contributed by atoms with Gasteiger partial charge in [0, 0.05) is 17.7 Å². The summed E-state index contributed by atoms with van der Waals surface area (Å²) in [6.07, 6.45) is 5.61. The van der Waals surface area contributed by atoms with E-state index in [1.807, 2.05) is 35.0 Å². The Labute approximate surface area is 156 Å². The first-order chi connectivity index (χ1) is 13.1. The van der Waals surface area contributed by atoms with Gasteiger partial charge >= 0.3 is 0 Å². The summed E-state index contributed by atoms with van der Waals surface area (Å²) >= 11 is 0. The molecule has 1 N–H and O–H groups in total. The smallest absolute Gasteiger partial charge is 0.267 e. The molecule has 4 aromatic rings. The minimum atomic E-state index is -0.184. The van der Waals surface area contributed by atoms with Crippen molar-refractivity contribution in [2.75, 3.05) is 5.43 Å². The van der Waals surface area contributed by atoms with Crippen LogP contribution in [0, 0.1) is 0 Å². The molecule has 0 radical (unpaired) electrons. The summed E-state index contributed by atoms with van der Waals surface area (Å²) in [6.45, 7) is 4.13. The molecule has 27 heavy (non-hydrogen) atoms. The molecule has 0 aliphatic heterocycles. The van der Waals surface area contributed by atoms with Crippen LogP contribution in [0.5, 0.6) is 0 Å². The second kappa shape index (κ2) is 5.90. The van der Waals surface area contributed by atoms with Gasteiger partial charge in [0.1, 0.15) is 6.33 Å². The van der Waals surface area contributed by atoms with Crippen molar-refractivity contribution >= 4 is 28.0 Å². The molecule has 3 aromatic heterocycles. The zero-order valence-electron chi connectivity index (χ0n) is 15.3. The SMILES string of the molecule is CC(C)n1ncc2c(C(=O)Nn3cnc4ccccc43)cc(C3CC3)nc21. The van der Waals surface area contributed by atoms with Gasteiger partial charge in [-0.1, -0.05) is 12.1 Å². The van der Waals surface area contributed by atoms with Gasteiger partial charge in [-0.2, -0.15) is 5.10 Å². The van der Waals surface area contributed by atoms with Crippen molar-refractivity contribution in [3.05, 3.63) is 54.1 Å². The lowest BCUT2D eigenvalue weighted by atomic mass is 10.1. The molecule has 0 spiro atoms. The Hall–Kier alpha value is -3.22. The number of nitrogens with zero attached hydrogens (tertiary/aromatic N) is 5. The van der Waals surface area contributed by atoms with Gasteiger partial charge in [0.2, 0.25) is 0 Å². The summed E-state index contributed by atoms with van der Waals surface area (Å²) in [6, 6.07) is 9.79. The number of aromatic nitrogens is 5. The average molecular weight is 360 g/mol. The topological polar surface area (TPSA) is 77.6 Å². The van der Waals surface area contributed by atoms with E-state index >= 15 is 0 Å². The summed E-state index contributed by atoms with van der Waals surface area (Å²) in [7, 11) is 0. The molecule has 0 atom stereocenters.